The lowest BCUT2D eigenvalue weighted by molar-refractivity contribution is 0.659. The molecule has 2 N–H and O–H groups in total. The average molecular weight is 206 g/mol. The van der Waals surface area contributed by atoms with Gasteiger partial charge in [-0.25, -0.2) is 0 Å². The van der Waals surface area contributed by atoms with Crippen LogP contribution in [0.5, 0.6) is 0 Å². The van der Waals surface area contributed by atoms with E-state index in [0.717, 1.165) is 13.0 Å². The van der Waals surface area contributed by atoms with Gasteiger partial charge in [0.1, 0.15) is 0 Å². The van der Waals surface area contributed by atoms with E-state index in [2.05, 4.69) is 50.9 Å². The monoisotopic (exact) mass is 206 g/mol. The van der Waals surface area contributed by atoms with Gasteiger partial charge in [-0.1, -0.05) is 6.07 Å². The molecular weight excluding hydrogens is 184 g/mol. The first-order chi connectivity index (χ1) is 6.99. The van der Waals surface area contributed by atoms with E-state index in [0.29, 0.717) is 0 Å². The van der Waals surface area contributed by atoms with E-state index in [1.165, 1.54) is 16.8 Å². The summed E-state index contributed by atoms with van der Waals surface area (Å²) in [6.45, 7) is 7.34. The van der Waals surface area contributed by atoms with Crippen molar-refractivity contribution in [2.45, 2.75) is 33.2 Å². The van der Waals surface area contributed by atoms with Gasteiger partial charge < -0.3 is 10.6 Å². The highest BCUT2D eigenvalue weighted by Crippen LogP contribution is 2.17. The smallest absolute Gasteiger partial charge is 0.0368 e. The Labute approximate surface area is 93.1 Å². The Morgan fingerprint density at radius 1 is 1.20 bits per heavy atom. The normalized spacial score (nSPS) is 12.6. The maximum absolute atomic E-state index is 5.75. The highest BCUT2D eigenvalue weighted by Gasteiger charge is 2.03. The predicted octanol–water partition coefficient (Wildman–Crippen LogP) is 2.48. The van der Waals surface area contributed by atoms with Gasteiger partial charge >= 0.3 is 0 Å². The van der Waals surface area contributed by atoms with Gasteiger partial charge in [0.15, 0.2) is 0 Å². The first-order valence-corrected chi connectivity index (χ1v) is 5.54. The SMILES string of the molecule is Cc1cc(C)cc(N(C)CCC(C)N)c1. The Morgan fingerprint density at radius 2 is 1.73 bits per heavy atom. The van der Waals surface area contributed by atoms with Crippen LogP contribution >= 0.6 is 0 Å². The van der Waals surface area contributed by atoms with Crippen LogP contribution < -0.4 is 10.6 Å². The Kier molecular flexibility index (Phi) is 4.15. The largest absolute Gasteiger partial charge is 0.375 e. The van der Waals surface area contributed by atoms with Crippen molar-refractivity contribution in [2.24, 2.45) is 5.73 Å². The maximum Gasteiger partial charge on any atom is 0.0368 e. The van der Waals surface area contributed by atoms with Crippen molar-refractivity contribution in [1.82, 2.24) is 0 Å². The van der Waals surface area contributed by atoms with Gasteiger partial charge in [0.2, 0.25) is 0 Å². The predicted molar refractivity (Wildman–Crippen MR) is 67.5 cm³/mol. The summed E-state index contributed by atoms with van der Waals surface area (Å²) in [6.07, 6.45) is 1.03. The highest BCUT2D eigenvalue weighted by atomic mass is 15.1. The number of anilines is 1. The van der Waals surface area contributed by atoms with Gasteiger partial charge in [0.25, 0.3) is 0 Å². The molecule has 0 radical (unpaired) electrons. The molecule has 1 unspecified atom stereocenters. The molecule has 0 saturated carbocycles. The first-order valence-electron chi connectivity index (χ1n) is 5.54. The van der Waals surface area contributed by atoms with Crippen LogP contribution in [0.4, 0.5) is 5.69 Å². The third kappa shape index (κ3) is 3.92. The molecule has 84 valence electrons. The van der Waals surface area contributed by atoms with E-state index >= 15 is 0 Å². The van der Waals surface area contributed by atoms with Crippen LogP contribution in [0.3, 0.4) is 0 Å². The Balaban J connectivity index is 2.68. The lowest BCUT2D eigenvalue weighted by Crippen LogP contribution is -2.25. The Bertz CT molecular complexity index is 298. The van der Waals surface area contributed by atoms with Gasteiger partial charge in [-0.3, -0.25) is 0 Å². The van der Waals surface area contributed by atoms with Crippen LogP contribution in [0.1, 0.15) is 24.5 Å². The molecule has 0 aliphatic carbocycles. The summed E-state index contributed by atoms with van der Waals surface area (Å²) in [4.78, 5) is 2.27. The zero-order valence-electron chi connectivity index (χ0n) is 10.2. The summed E-state index contributed by atoms with van der Waals surface area (Å²) >= 11 is 0. The standard InChI is InChI=1S/C13H22N2/c1-10-7-11(2)9-13(8-10)15(4)6-5-12(3)14/h7-9,12H,5-6,14H2,1-4H3. The van der Waals surface area contributed by atoms with E-state index in [9.17, 15) is 0 Å². The van der Waals surface area contributed by atoms with E-state index in [-0.39, 0.29) is 6.04 Å². The van der Waals surface area contributed by atoms with Crippen LogP contribution in [0.25, 0.3) is 0 Å². The van der Waals surface area contributed by atoms with E-state index in [4.69, 9.17) is 5.73 Å². The molecule has 0 fully saturated rings. The fourth-order valence-corrected chi connectivity index (χ4v) is 1.70. The number of benzene rings is 1. The molecule has 0 saturated heterocycles. The zero-order chi connectivity index (χ0) is 11.4. The molecule has 0 aliphatic heterocycles. The second-order valence-corrected chi connectivity index (χ2v) is 4.53. The molecule has 1 aromatic rings. The Hall–Kier alpha value is -1.02. The fourth-order valence-electron chi connectivity index (χ4n) is 1.70. The minimum absolute atomic E-state index is 0.276. The minimum Gasteiger partial charge on any atom is -0.375 e. The molecule has 0 spiro atoms. The molecule has 2 heteroatoms. The van der Waals surface area contributed by atoms with Crippen molar-refractivity contribution in [3.05, 3.63) is 29.3 Å². The second-order valence-electron chi connectivity index (χ2n) is 4.53. The lowest BCUT2D eigenvalue weighted by Gasteiger charge is -2.21. The number of hydrogen-bond acceptors (Lipinski definition) is 2. The van der Waals surface area contributed by atoms with Gasteiger partial charge in [-0.15, -0.1) is 0 Å². The summed E-state index contributed by atoms with van der Waals surface area (Å²) in [5.74, 6) is 0. The molecule has 0 aromatic heterocycles. The fraction of sp³-hybridized carbons (Fsp3) is 0.538. The quantitative estimate of drug-likeness (QED) is 0.820. The average Bonchev–Trinajstić information content (AvgIpc) is 2.12. The van der Waals surface area contributed by atoms with Gasteiger partial charge in [-0.2, -0.15) is 0 Å². The highest BCUT2D eigenvalue weighted by molar-refractivity contribution is 5.50. The number of rotatable bonds is 4. The van der Waals surface area contributed by atoms with Crippen LogP contribution in [-0.2, 0) is 0 Å². The summed E-state index contributed by atoms with van der Waals surface area (Å²) in [5.41, 5.74) is 9.67. The van der Waals surface area contributed by atoms with Gasteiger partial charge in [-0.05, 0) is 50.5 Å². The molecule has 1 atom stereocenters. The van der Waals surface area contributed by atoms with Crippen LogP contribution in [0.15, 0.2) is 18.2 Å². The van der Waals surface area contributed by atoms with Crippen molar-refractivity contribution < 1.29 is 0 Å². The lowest BCUT2D eigenvalue weighted by atomic mass is 10.1. The van der Waals surface area contributed by atoms with Crippen molar-refractivity contribution >= 4 is 5.69 Å². The van der Waals surface area contributed by atoms with Crippen LogP contribution in [0, 0.1) is 13.8 Å². The number of aryl methyl sites for hydroxylation is 2. The van der Waals surface area contributed by atoms with Crippen molar-refractivity contribution in [3.8, 4) is 0 Å². The van der Waals surface area contributed by atoms with Crippen molar-refractivity contribution in [3.63, 3.8) is 0 Å². The molecule has 0 heterocycles. The second kappa shape index (κ2) is 5.17. The van der Waals surface area contributed by atoms with Crippen LogP contribution in [0.2, 0.25) is 0 Å². The summed E-state index contributed by atoms with van der Waals surface area (Å²) in [5, 5.41) is 0. The van der Waals surface area contributed by atoms with E-state index < -0.39 is 0 Å². The molecule has 0 bridgehead atoms. The number of nitrogens with two attached hydrogens (primary N) is 1. The molecule has 0 aliphatic rings. The maximum atomic E-state index is 5.75. The van der Waals surface area contributed by atoms with Gasteiger partial charge in [0.05, 0.1) is 0 Å². The summed E-state index contributed by atoms with van der Waals surface area (Å²) in [7, 11) is 2.12. The van der Waals surface area contributed by atoms with Gasteiger partial charge in [0, 0.05) is 25.3 Å². The molecule has 15 heavy (non-hydrogen) atoms. The molecule has 1 aromatic carbocycles. The molecular formula is C13H22N2. The van der Waals surface area contributed by atoms with Crippen molar-refractivity contribution in [1.29, 1.82) is 0 Å². The summed E-state index contributed by atoms with van der Waals surface area (Å²) in [6, 6.07) is 6.91. The topological polar surface area (TPSA) is 29.3 Å². The minimum atomic E-state index is 0.276. The number of hydrogen-bond donors (Lipinski definition) is 1. The molecule has 1 rings (SSSR count). The number of nitrogens with zero attached hydrogens (tertiary/aromatic N) is 1. The van der Waals surface area contributed by atoms with E-state index in [1.807, 2.05) is 0 Å². The Morgan fingerprint density at radius 3 is 2.20 bits per heavy atom. The van der Waals surface area contributed by atoms with E-state index in [1.54, 1.807) is 0 Å². The summed E-state index contributed by atoms with van der Waals surface area (Å²) < 4.78 is 0. The van der Waals surface area contributed by atoms with Crippen molar-refractivity contribution in [2.75, 3.05) is 18.5 Å². The third-order valence-electron chi connectivity index (χ3n) is 2.57. The zero-order valence-corrected chi connectivity index (χ0v) is 10.2. The van der Waals surface area contributed by atoms with Crippen LogP contribution in [-0.4, -0.2) is 19.6 Å². The first kappa shape index (κ1) is 12.1. The third-order valence-corrected chi connectivity index (χ3v) is 2.57. The molecule has 2 nitrogen and oxygen atoms in total. The molecule has 0 amide bonds.